The van der Waals surface area contributed by atoms with E-state index in [2.05, 4.69) is 5.32 Å². The van der Waals surface area contributed by atoms with Crippen LogP contribution in [0, 0.1) is 18.2 Å². The number of carbonyl (C=O) groups is 2. The van der Waals surface area contributed by atoms with Crippen molar-refractivity contribution in [3.8, 4) is 12.3 Å². The lowest BCUT2D eigenvalue weighted by Gasteiger charge is -2.31. The molecule has 0 aliphatic heterocycles. The molecular formula is C23H20F4N2O2. The van der Waals surface area contributed by atoms with Gasteiger partial charge in [-0.3, -0.25) is 14.5 Å². The molecule has 0 spiro atoms. The van der Waals surface area contributed by atoms with Crippen molar-refractivity contribution in [1.29, 1.82) is 0 Å². The average molecular weight is 432 g/mol. The van der Waals surface area contributed by atoms with Crippen LogP contribution in [0.15, 0.2) is 48.5 Å². The van der Waals surface area contributed by atoms with Gasteiger partial charge in [0.1, 0.15) is 11.9 Å². The molecule has 1 N–H and O–H groups in total. The molecule has 0 aromatic heterocycles. The van der Waals surface area contributed by atoms with Crippen molar-refractivity contribution < 1.29 is 27.2 Å². The number of hydrogen-bond donors (Lipinski definition) is 1. The maximum atomic E-state index is 13.5. The summed E-state index contributed by atoms with van der Waals surface area (Å²) in [6, 6.07) is 7.36. The fourth-order valence-corrected chi connectivity index (χ4v) is 3.70. The van der Waals surface area contributed by atoms with E-state index < -0.39 is 35.4 Å². The van der Waals surface area contributed by atoms with E-state index in [4.69, 9.17) is 6.42 Å². The van der Waals surface area contributed by atoms with Crippen LogP contribution in [0.2, 0.25) is 0 Å². The Morgan fingerprint density at radius 3 is 2.32 bits per heavy atom. The first-order valence-electron chi connectivity index (χ1n) is 9.73. The average Bonchev–Trinajstić information content (AvgIpc) is 3.24. The lowest BCUT2D eigenvalue weighted by atomic mass is 10.0. The fraction of sp³-hybridized carbons (Fsp3) is 0.304. The van der Waals surface area contributed by atoms with Crippen LogP contribution in [0.4, 0.5) is 23.2 Å². The first-order valence-corrected chi connectivity index (χ1v) is 9.73. The van der Waals surface area contributed by atoms with Crippen molar-refractivity contribution >= 4 is 17.5 Å². The molecule has 0 bridgehead atoms. The molecule has 2 amide bonds. The van der Waals surface area contributed by atoms with Crippen molar-refractivity contribution in [3.63, 3.8) is 0 Å². The van der Waals surface area contributed by atoms with Gasteiger partial charge in [0.05, 0.1) is 5.56 Å². The minimum Gasteiger partial charge on any atom is -0.351 e. The largest absolute Gasteiger partial charge is 0.416 e. The van der Waals surface area contributed by atoms with Crippen LogP contribution in [0.1, 0.15) is 42.9 Å². The van der Waals surface area contributed by atoms with Gasteiger partial charge in [-0.1, -0.05) is 31.0 Å². The molecule has 0 radical (unpaired) electrons. The van der Waals surface area contributed by atoms with E-state index in [9.17, 15) is 27.2 Å². The van der Waals surface area contributed by atoms with Crippen molar-refractivity contribution in [3.05, 3.63) is 65.5 Å². The summed E-state index contributed by atoms with van der Waals surface area (Å²) >= 11 is 0. The summed E-state index contributed by atoms with van der Waals surface area (Å²) in [6.45, 7) is 0. The summed E-state index contributed by atoms with van der Waals surface area (Å²) in [7, 11) is 0. The third kappa shape index (κ3) is 5.23. The number of halogens is 4. The zero-order valence-corrected chi connectivity index (χ0v) is 16.5. The third-order valence-corrected chi connectivity index (χ3v) is 5.19. The Kier molecular flexibility index (Phi) is 6.64. The molecule has 2 aromatic rings. The monoisotopic (exact) mass is 432 g/mol. The Hall–Kier alpha value is -3.34. The van der Waals surface area contributed by atoms with E-state index in [0.717, 1.165) is 60.9 Å². The van der Waals surface area contributed by atoms with Crippen molar-refractivity contribution in [2.75, 3.05) is 4.90 Å². The molecule has 8 heteroatoms. The van der Waals surface area contributed by atoms with E-state index >= 15 is 0 Å². The maximum Gasteiger partial charge on any atom is 0.416 e. The first kappa shape index (κ1) is 22.3. The van der Waals surface area contributed by atoms with Crippen LogP contribution >= 0.6 is 0 Å². The van der Waals surface area contributed by atoms with Crippen molar-refractivity contribution in [2.45, 2.75) is 43.9 Å². The summed E-state index contributed by atoms with van der Waals surface area (Å²) < 4.78 is 53.2. The predicted molar refractivity (Wildman–Crippen MR) is 107 cm³/mol. The standard InChI is InChI=1S/C23H20F4N2O2/c1-2-20(30)29(19-9-5-6-16(14-19)23(25,26)27)21(15-10-12-17(24)13-11-15)22(31)28-18-7-3-4-8-18/h1,5-6,9-14,18,21H,3-4,7-8H2,(H,28,31)/t21-/m0/s1. The highest BCUT2D eigenvalue weighted by Crippen LogP contribution is 2.35. The van der Waals surface area contributed by atoms with E-state index in [1.54, 1.807) is 0 Å². The predicted octanol–water partition coefficient (Wildman–Crippen LogP) is 4.61. The zero-order chi connectivity index (χ0) is 22.6. The van der Waals surface area contributed by atoms with Gasteiger partial charge in [0.2, 0.25) is 5.91 Å². The molecule has 4 nitrogen and oxygen atoms in total. The molecule has 1 saturated carbocycles. The molecule has 31 heavy (non-hydrogen) atoms. The van der Waals surface area contributed by atoms with Crippen LogP contribution in [0.5, 0.6) is 0 Å². The Balaban J connectivity index is 2.09. The number of carbonyl (C=O) groups excluding carboxylic acids is 2. The van der Waals surface area contributed by atoms with Crippen molar-refractivity contribution in [1.82, 2.24) is 5.32 Å². The molecule has 2 aromatic carbocycles. The van der Waals surface area contributed by atoms with Gasteiger partial charge in [0.15, 0.2) is 0 Å². The smallest absolute Gasteiger partial charge is 0.351 e. The van der Waals surface area contributed by atoms with Crippen LogP contribution in [0.3, 0.4) is 0 Å². The van der Waals surface area contributed by atoms with Gasteiger partial charge in [-0.15, -0.1) is 6.42 Å². The topological polar surface area (TPSA) is 49.4 Å². The van der Waals surface area contributed by atoms with Crippen molar-refractivity contribution in [2.24, 2.45) is 0 Å². The number of terminal acetylenes is 1. The molecule has 1 fully saturated rings. The molecule has 0 saturated heterocycles. The van der Waals surface area contributed by atoms with Crippen LogP contribution < -0.4 is 10.2 Å². The quantitative estimate of drug-likeness (QED) is 0.554. The van der Waals surface area contributed by atoms with Gasteiger partial charge < -0.3 is 5.32 Å². The Morgan fingerprint density at radius 2 is 1.74 bits per heavy atom. The summed E-state index contributed by atoms with van der Waals surface area (Å²) in [5.41, 5.74) is -0.958. The minimum atomic E-state index is -4.65. The van der Waals surface area contributed by atoms with E-state index in [1.165, 1.54) is 18.2 Å². The van der Waals surface area contributed by atoms with Gasteiger partial charge >= 0.3 is 12.1 Å². The molecule has 1 aliphatic carbocycles. The molecule has 162 valence electrons. The van der Waals surface area contributed by atoms with E-state index in [1.807, 2.05) is 5.92 Å². The Morgan fingerprint density at radius 1 is 1.10 bits per heavy atom. The Labute approximate surface area is 177 Å². The first-order chi connectivity index (χ1) is 14.7. The highest BCUT2D eigenvalue weighted by Gasteiger charge is 2.36. The molecule has 3 rings (SSSR count). The highest BCUT2D eigenvalue weighted by molar-refractivity contribution is 6.09. The van der Waals surface area contributed by atoms with Gasteiger partial charge in [0.25, 0.3) is 0 Å². The van der Waals surface area contributed by atoms with Crippen LogP contribution in [0.25, 0.3) is 0 Å². The number of alkyl halides is 3. The normalized spacial score (nSPS) is 15.2. The number of amides is 2. The van der Waals surface area contributed by atoms with Crippen LogP contribution in [-0.4, -0.2) is 17.9 Å². The number of rotatable bonds is 5. The SMILES string of the molecule is C#CC(=O)N(c1cccc(C(F)(F)F)c1)[C@H](C(=O)NC1CCCC1)c1ccc(F)cc1. The van der Waals surface area contributed by atoms with Crippen LogP contribution in [-0.2, 0) is 15.8 Å². The molecule has 0 heterocycles. The number of nitrogens with zero attached hydrogens (tertiary/aromatic N) is 1. The van der Waals surface area contributed by atoms with Gasteiger partial charge in [-0.25, -0.2) is 4.39 Å². The van der Waals surface area contributed by atoms with Gasteiger partial charge in [-0.2, -0.15) is 13.2 Å². The second-order valence-corrected chi connectivity index (χ2v) is 7.31. The lowest BCUT2D eigenvalue weighted by Crippen LogP contribution is -2.46. The molecule has 0 unspecified atom stereocenters. The lowest BCUT2D eigenvalue weighted by molar-refractivity contribution is -0.137. The summed E-state index contributed by atoms with van der Waals surface area (Å²) in [6.07, 6.45) is 4.02. The summed E-state index contributed by atoms with van der Waals surface area (Å²) in [4.78, 5) is 26.7. The van der Waals surface area contributed by atoms with Gasteiger partial charge in [-0.05, 0) is 54.7 Å². The third-order valence-electron chi connectivity index (χ3n) is 5.19. The second-order valence-electron chi connectivity index (χ2n) is 7.31. The van der Waals surface area contributed by atoms with Gasteiger partial charge in [0, 0.05) is 11.7 Å². The fourth-order valence-electron chi connectivity index (χ4n) is 3.70. The summed E-state index contributed by atoms with van der Waals surface area (Å²) in [5.74, 6) is -0.267. The Bertz CT molecular complexity index is 990. The minimum absolute atomic E-state index is 0.111. The molecule has 1 aliphatic rings. The van der Waals surface area contributed by atoms with E-state index in [-0.39, 0.29) is 17.3 Å². The second kappa shape index (κ2) is 9.21. The molecule has 1 atom stereocenters. The highest BCUT2D eigenvalue weighted by atomic mass is 19.4. The number of anilines is 1. The molecular weight excluding hydrogens is 412 g/mol. The number of benzene rings is 2. The number of hydrogen-bond acceptors (Lipinski definition) is 2. The summed E-state index contributed by atoms with van der Waals surface area (Å²) in [5, 5.41) is 2.85. The van der Waals surface area contributed by atoms with E-state index in [0.29, 0.717) is 0 Å². The number of nitrogens with one attached hydrogen (secondary N) is 1. The maximum absolute atomic E-state index is 13.5. The zero-order valence-electron chi connectivity index (χ0n) is 16.5.